The molecule has 0 spiro atoms. The molecule has 1 aliphatic carbocycles. The van der Waals surface area contributed by atoms with Crippen LogP contribution in [0, 0.1) is 0 Å². The van der Waals surface area contributed by atoms with E-state index in [0.717, 1.165) is 47.5 Å². The van der Waals surface area contributed by atoms with E-state index in [0.29, 0.717) is 10.8 Å². The molecule has 1 fully saturated rings. The van der Waals surface area contributed by atoms with E-state index in [4.69, 9.17) is 16.3 Å². The Bertz CT molecular complexity index is 1730. The van der Waals surface area contributed by atoms with E-state index in [2.05, 4.69) is 5.32 Å². The summed E-state index contributed by atoms with van der Waals surface area (Å²) in [5, 5.41) is 3.71. The number of hydrogen-bond donors (Lipinski definition) is 1. The molecule has 5 rings (SSSR count). The van der Waals surface area contributed by atoms with Crippen LogP contribution in [0.4, 0.5) is 5.69 Å². The molecular formula is C37H40ClN3O5S. The van der Waals surface area contributed by atoms with Crippen molar-refractivity contribution in [3.05, 3.63) is 125 Å². The number of anilines is 1. The van der Waals surface area contributed by atoms with Gasteiger partial charge in [0, 0.05) is 24.0 Å². The van der Waals surface area contributed by atoms with Gasteiger partial charge in [-0.3, -0.25) is 13.9 Å². The van der Waals surface area contributed by atoms with Gasteiger partial charge in [-0.2, -0.15) is 0 Å². The number of sulfonamides is 1. The van der Waals surface area contributed by atoms with Crippen molar-refractivity contribution in [1.29, 1.82) is 0 Å². The second-order valence-corrected chi connectivity index (χ2v) is 14.0. The zero-order valence-electron chi connectivity index (χ0n) is 26.4. The molecule has 10 heteroatoms. The van der Waals surface area contributed by atoms with Crippen LogP contribution in [0.2, 0.25) is 5.02 Å². The summed E-state index contributed by atoms with van der Waals surface area (Å²) in [7, 11) is -2.66. The molecule has 8 nitrogen and oxygen atoms in total. The summed E-state index contributed by atoms with van der Waals surface area (Å²) in [6.45, 7) is -0.483. The van der Waals surface area contributed by atoms with Crippen LogP contribution in [0.5, 0.6) is 5.75 Å². The highest BCUT2D eigenvalue weighted by atomic mass is 35.5. The maximum Gasteiger partial charge on any atom is 0.264 e. The van der Waals surface area contributed by atoms with E-state index in [9.17, 15) is 18.0 Å². The van der Waals surface area contributed by atoms with Gasteiger partial charge in [-0.15, -0.1) is 0 Å². The minimum atomic E-state index is -4.19. The van der Waals surface area contributed by atoms with Crippen molar-refractivity contribution in [2.75, 3.05) is 18.0 Å². The Labute approximate surface area is 282 Å². The third kappa shape index (κ3) is 8.93. The molecule has 4 aromatic rings. The van der Waals surface area contributed by atoms with Gasteiger partial charge in [0.25, 0.3) is 10.0 Å². The third-order valence-electron chi connectivity index (χ3n) is 8.44. The molecule has 0 heterocycles. The molecule has 0 saturated heterocycles. The van der Waals surface area contributed by atoms with E-state index < -0.39 is 28.5 Å². The van der Waals surface area contributed by atoms with Gasteiger partial charge in [0.1, 0.15) is 18.3 Å². The number of carbonyl (C=O) groups is 2. The zero-order chi connectivity index (χ0) is 33.2. The van der Waals surface area contributed by atoms with Crippen molar-refractivity contribution in [2.24, 2.45) is 0 Å². The topological polar surface area (TPSA) is 96.0 Å². The Morgan fingerprint density at radius 1 is 0.851 bits per heavy atom. The van der Waals surface area contributed by atoms with Crippen LogP contribution in [0.1, 0.15) is 43.2 Å². The standard InChI is InChI=1S/C37H40ClN3O5S/c1-46-33-22-20-32(21-23-33)41(47(44,45)34-18-9-4-10-19-34)27-36(42)40(26-29-14-11-15-30(38)24-29)35(25-28-12-5-2-6-13-28)37(43)39-31-16-7-3-8-17-31/h2,4-6,9-15,18-24,31,35H,3,7-8,16-17,25-27H2,1H3,(H,39,43)/t35-/m1/s1. The molecule has 2 amide bonds. The Balaban J connectivity index is 1.56. The average Bonchev–Trinajstić information content (AvgIpc) is 3.10. The monoisotopic (exact) mass is 673 g/mol. The van der Waals surface area contributed by atoms with Crippen LogP contribution in [-0.4, -0.2) is 50.9 Å². The van der Waals surface area contributed by atoms with Gasteiger partial charge in [-0.25, -0.2) is 8.42 Å². The molecule has 0 unspecified atom stereocenters. The number of halogens is 1. The first-order valence-corrected chi connectivity index (χ1v) is 17.7. The van der Waals surface area contributed by atoms with E-state index >= 15 is 0 Å². The average molecular weight is 674 g/mol. The molecule has 0 aromatic heterocycles. The van der Waals surface area contributed by atoms with Gasteiger partial charge in [0.2, 0.25) is 11.8 Å². The first kappa shape index (κ1) is 34.0. The van der Waals surface area contributed by atoms with Crippen molar-refractivity contribution in [2.45, 2.75) is 62.0 Å². The summed E-state index contributed by atoms with van der Waals surface area (Å²) < 4.78 is 34.6. The van der Waals surface area contributed by atoms with Crippen molar-refractivity contribution in [3.8, 4) is 5.75 Å². The summed E-state index contributed by atoms with van der Waals surface area (Å²) in [5.41, 5.74) is 1.89. The molecule has 1 N–H and O–H groups in total. The zero-order valence-corrected chi connectivity index (χ0v) is 28.0. The third-order valence-corrected chi connectivity index (χ3v) is 10.5. The van der Waals surface area contributed by atoms with Gasteiger partial charge in [-0.1, -0.05) is 91.5 Å². The van der Waals surface area contributed by atoms with Crippen LogP contribution in [0.3, 0.4) is 0 Å². The Morgan fingerprint density at radius 2 is 1.49 bits per heavy atom. The molecule has 1 aliphatic rings. The van der Waals surface area contributed by atoms with Crippen LogP contribution in [0.25, 0.3) is 0 Å². The van der Waals surface area contributed by atoms with Crippen molar-refractivity contribution < 1.29 is 22.7 Å². The number of hydrogen-bond acceptors (Lipinski definition) is 5. The van der Waals surface area contributed by atoms with Crippen LogP contribution in [-0.2, 0) is 32.6 Å². The summed E-state index contributed by atoms with van der Waals surface area (Å²) in [6, 6.07) is 30.3. The normalized spacial score (nSPS) is 14.2. The fourth-order valence-corrected chi connectivity index (χ4v) is 7.58. The fourth-order valence-electron chi connectivity index (χ4n) is 5.93. The maximum atomic E-state index is 14.6. The van der Waals surface area contributed by atoms with Crippen molar-refractivity contribution >= 4 is 39.1 Å². The Kier molecular flexibility index (Phi) is 11.6. The molecule has 0 aliphatic heterocycles. The first-order chi connectivity index (χ1) is 22.7. The lowest BCUT2D eigenvalue weighted by molar-refractivity contribution is -0.140. The first-order valence-electron chi connectivity index (χ1n) is 15.8. The highest BCUT2D eigenvalue weighted by molar-refractivity contribution is 7.92. The molecule has 0 radical (unpaired) electrons. The number of benzene rings is 4. The lowest BCUT2D eigenvalue weighted by Crippen LogP contribution is -2.55. The number of methoxy groups -OCH3 is 1. The number of rotatable bonds is 13. The number of nitrogens with one attached hydrogen (secondary N) is 1. The molecular weight excluding hydrogens is 634 g/mol. The van der Waals surface area contributed by atoms with Gasteiger partial charge in [-0.05, 0) is 72.5 Å². The molecule has 1 saturated carbocycles. The minimum Gasteiger partial charge on any atom is -0.497 e. The molecule has 0 bridgehead atoms. The predicted octanol–water partition coefficient (Wildman–Crippen LogP) is 6.63. The van der Waals surface area contributed by atoms with Crippen LogP contribution in [0.15, 0.2) is 114 Å². The summed E-state index contributed by atoms with van der Waals surface area (Å²) in [6.07, 6.45) is 5.22. The van der Waals surface area contributed by atoms with Gasteiger partial charge >= 0.3 is 0 Å². The highest BCUT2D eigenvalue weighted by Crippen LogP contribution is 2.27. The smallest absolute Gasteiger partial charge is 0.264 e. The Hall–Kier alpha value is -4.34. The molecule has 4 aromatic carbocycles. The van der Waals surface area contributed by atoms with E-state index in [1.807, 2.05) is 36.4 Å². The van der Waals surface area contributed by atoms with Crippen molar-refractivity contribution in [1.82, 2.24) is 10.2 Å². The predicted molar refractivity (Wildman–Crippen MR) is 185 cm³/mol. The quantitative estimate of drug-likeness (QED) is 0.172. The Morgan fingerprint density at radius 3 is 2.13 bits per heavy atom. The van der Waals surface area contributed by atoms with Crippen LogP contribution >= 0.6 is 11.6 Å². The second-order valence-electron chi connectivity index (χ2n) is 11.7. The molecule has 246 valence electrons. The minimum absolute atomic E-state index is 0.0203. The summed E-state index contributed by atoms with van der Waals surface area (Å²) in [5.74, 6) is -0.250. The van der Waals surface area contributed by atoms with Crippen LogP contribution < -0.4 is 14.4 Å². The molecule has 1 atom stereocenters. The summed E-state index contributed by atoms with van der Waals surface area (Å²) >= 11 is 6.34. The molecule has 47 heavy (non-hydrogen) atoms. The lowest BCUT2D eigenvalue weighted by Gasteiger charge is -2.35. The van der Waals surface area contributed by atoms with Gasteiger partial charge in [0.05, 0.1) is 17.7 Å². The number of ether oxygens (including phenoxy) is 1. The summed E-state index contributed by atoms with van der Waals surface area (Å²) in [4.78, 5) is 30.4. The van der Waals surface area contributed by atoms with E-state index in [1.54, 1.807) is 60.7 Å². The van der Waals surface area contributed by atoms with E-state index in [-0.39, 0.29) is 35.5 Å². The second kappa shape index (κ2) is 16.0. The van der Waals surface area contributed by atoms with Crippen molar-refractivity contribution in [3.63, 3.8) is 0 Å². The maximum absolute atomic E-state index is 14.6. The SMILES string of the molecule is COc1ccc(N(CC(=O)N(Cc2cccc(Cl)c2)[C@H](Cc2ccccc2)C(=O)NC2CCCCC2)S(=O)(=O)c2ccccc2)cc1. The van der Waals surface area contributed by atoms with Gasteiger partial charge in [0.15, 0.2) is 0 Å². The lowest BCUT2D eigenvalue weighted by atomic mass is 9.94. The number of amides is 2. The highest BCUT2D eigenvalue weighted by Gasteiger charge is 2.35. The fraction of sp³-hybridized carbons (Fsp3) is 0.297. The number of carbonyl (C=O) groups excluding carboxylic acids is 2. The largest absolute Gasteiger partial charge is 0.497 e. The van der Waals surface area contributed by atoms with Gasteiger partial charge < -0.3 is 15.0 Å². The number of nitrogens with zero attached hydrogens (tertiary/aromatic N) is 2. The van der Waals surface area contributed by atoms with E-state index in [1.165, 1.54) is 24.1 Å².